The minimum atomic E-state index is 0.0764. The van der Waals surface area contributed by atoms with E-state index in [0.717, 1.165) is 34.7 Å². The summed E-state index contributed by atoms with van der Waals surface area (Å²) in [5, 5.41) is 1.00. The van der Waals surface area contributed by atoms with Crippen molar-refractivity contribution >= 4 is 16.9 Å². The SMILES string of the molecule is Cc1cc(C)c2c(N(C)C[C@H]3COCCO3)ncnc2n1. The molecule has 112 valence electrons. The van der Waals surface area contributed by atoms with Crippen molar-refractivity contribution in [3.8, 4) is 0 Å². The van der Waals surface area contributed by atoms with Gasteiger partial charge in [-0.15, -0.1) is 0 Å². The first-order chi connectivity index (χ1) is 10.1. The second kappa shape index (κ2) is 5.91. The Balaban J connectivity index is 1.92. The van der Waals surface area contributed by atoms with Crippen LogP contribution in [0, 0.1) is 13.8 Å². The molecule has 2 aromatic rings. The van der Waals surface area contributed by atoms with Crippen LogP contribution in [-0.2, 0) is 9.47 Å². The summed E-state index contributed by atoms with van der Waals surface area (Å²) < 4.78 is 11.2. The summed E-state index contributed by atoms with van der Waals surface area (Å²) in [6.45, 7) is 6.74. The molecule has 1 atom stereocenters. The predicted octanol–water partition coefficient (Wildman–Crippen LogP) is 1.49. The zero-order valence-electron chi connectivity index (χ0n) is 12.7. The summed E-state index contributed by atoms with van der Waals surface area (Å²) in [7, 11) is 2.01. The second-order valence-corrected chi connectivity index (χ2v) is 5.42. The van der Waals surface area contributed by atoms with Gasteiger partial charge < -0.3 is 14.4 Å². The number of likely N-dealkylation sites (N-methyl/N-ethyl adjacent to an activating group) is 1. The van der Waals surface area contributed by atoms with Crippen LogP contribution in [-0.4, -0.2) is 54.5 Å². The van der Waals surface area contributed by atoms with Crippen molar-refractivity contribution in [3.63, 3.8) is 0 Å². The van der Waals surface area contributed by atoms with Gasteiger partial charge in [0.2, 0.25) is 0 Å². The number of pyridine rings is 1. The zero-order valence-corrected chi connectivity index (χ0v) is 12.7. The minimum Gasteiger partial charge on any atom is -0.376 e. The van der Waals surface area contributed by atoms with Gasteiger partial charge >= 0.3 is 0 Å². The van der Waals surface area contributed by atoms with E-state index in [1.807, 2.05) is 14.0 Å². The summed E-state index contributed by atoms with van der Waals surface area (Å²) in [4.78, 5) is 15.3. The van der Waals surface area contributed by atoms with E-state index in [-0.39, 0.29) is 6.10 Å². The van der Waals surface area contributed by atoms with E-state index in [1.54, 1.807) is 6.33 Å². The number of ether oxygens (including phenoxy) is 2. The van der Waals surface area contributed by atoms with E-state index >= 15 is 0 Å². The zero-order chi connectivity index (χ0) is 14.8. The number of aryl methyl sites for hydroxylation is 2. The molecule has 0 N–H and O–H groups in total. The molecule has 21 heavy (non-hydrogen) atoms. The maximum Gasteiger partial charge on any atom is 0.165 e. The van der Waals surface area contributed by atoms with Crippen LogP contribution in [0.1, 0.15) is 11.3 Å². The predicted molar refractivity (Wildman–Crippen MR) is 80.6 cm³/mol. The number of hydrogen-bond acceptors (Lipinski definition) is 6. The molecule has 1 fully saturated rings. The molecule has 0 aliphatic carbocycles. The van der Waals surface area contributed by atoms with Gasteiger partial charge in [0.05, 0.1) is 31.3 Å². The standard InChI is InChI=1S/C15H20N4O2/c1-10-6-11(2)18-14-13(10)15(17-9-16-14)19(3)7-12-8-20-4-5-21-12/h6,9,12H,4-5,7-8H2,1-3H3/t12-/m0/s1. The molecule has 0 amide bonds. The second-order valence-electron chi connectivity index (χ2n) is 5.42. The van der Waals surface area contributed by atoms with Crippen LogP contribution in [0.4, 0.5) is 5.82 Å². The molecule has 1 aliphatic rings. The third kappa shape index (κ3) is 2.96. The molecule has 1 aliphatic heterocycles. The lowest BCUT2D eigenvalue weighted by Crippen LogP contribution is -2.38. The first-order valence-corrected chi connectivity index (χ1v) is 7.14. The Morgan fingerprint density at radius 1 is 1.29 bits per heavy atom. The lowest BCUT2D eigenvalue weighted by atomic mass is 10.1. The third-order valence-electron chi connectivity index (χ3n) is 3.63. The fourth-order valence-corrected chi connectivity index (χ4v) is 2.71. The Labute approximate surface area is 124 Å². The fraction of sp³-hybridized carbons (Fsp3) is 0.533. The van der Waals surface area contributed by atoms with Crippen LogP contribution >= 0.6 is 0 Å². The fourth-order valence-electron chi connectivity index (χ4n) is 2.71. The summed E-state index contributed by atoms with van der Waals surface area (Å²) in [5.74, 6) is 0.888. The van der Waals surface area contributed by atoms with Gasteiger partial charge in [-0.1, -0.05) is 0 Å². The largest absolute Gasteiger partial charge is 0.376 e. The normalized spacial score (nSPS) is 18.9. The topological polar surface area (TPSA) is 60.4 Å². The van der Waals surface area contributed by atoms with Gasteiger partial charge in [-0.2, -0.15) is 0 Å². The van der Waals surface area contributed by atoms with E-state index in [2.05, 4.69) is 32.8 Å². The molecule has 0 aromatic carbocycles. The quantitative estimate of drug-likeness (QED) is 0.853. The van der Waals surface area contributed by atoms with E-state index < -0.39 is 0 Å². The highest BCUT2D eigenvalue weighted by molar-refractivity contribution is 5.89. The first kappa shape index (κ1) is 14.2. The van der Waals surface area contributed by atoms with Gasteiger partial charge in [0.15, 0.2) is 5.65 Å². The monoisotopic (exact) mass is 288 g/mol. The minimum absolute atomic E-state index is 0.0764. The Bertz CT molecular complexity index is 641. The molecule has 1 saturated heterocycles. The van der Waals surface area contributed by atoms with Crippen LogP contribution in [0.3, 0.4) is 0 Å². The van der Waals surface area contributed by atoms with E-state index in [1.165, 1.54) is 0 Å². The van der Waals surface area contributed by atoms with Crippen molar-refractivity contribution < 1.29 is 9.47 Å². The van der Waals surface area contributed by atoms with Crippen molar-refractivity contribution in [1.29, 1.82) is 0 Å². The van der Waals surface area contributed by atoms with Crippen LogP contribution in [0.15, 0.2) is 12.4 Å². The molecule has 0 bridgehead atoms. The Kier molecular flexibility index (Phi) is 3.98. The molecule has 3 heterocycles. The van der Waals surface area contributed by atoms with E-state index in [9.17, 15) is 0 Å². The smallest absolute Gasteiger partial charge is 0.165 e. The van der Waals surface area contributed by atoms with Crippen molar-refractivity contribution in [2.75, 3.05) is 38.3 Å². The number of aromatic nitrogens is 3. The van der Waals surface area contributed by atoms with Crippen molar-refractivity contribution in [2.24, 2.45) is 0 Å². The highest BCUT2D eigenvalue weighted by Crippen LogP contribution is 2.25. The molecule has 0 unspecified atom stereocenters. The van der Waals surface area contributed by atoms with Crippen molar-refractivity contribution in [1.82, 2.24) is 15.0 Å². The highest BCUT2D eigenvalue weighted by atomic mass is 16.6. The number of nitrogens with zero attached hydrogens (tertiary/aromatic N) is 4. The third-order valence-corrected chi connectivity index (χ3v) is 3.63. The Morgan fingerprint density at radius 3 is 2.90 bits per heavy atom. The van der Waals surface area contributed by atoms with Gasteiger partial charge in [0.1, 0.15) is 12.1 Å². The molecule has 0 radical (unpaired) electrons. The van der Waals surface area contributed by atoms with E-state index in [0.29, 0.717) is 19.8 Å². The van der Waals surface area contributed by atoms with E-state index in [4.69, 9.17) is 9.47 Å². The molecule has 2 aromatic heterocycles. The lowest BCUT2D eigenvalue weighted by molar-refractivity contribution is -0.0837. The van der Waals surface area contributed by atoms with Gasteiger partial charge in [0, 0.05) is 19.3 Å². The number of rotatable bonds is 3. The maximum atomic E-state index is 5.71. The summed E-state index contributed by atoms with van der Waals surface area (Å²) in [6.07, 6.45) is 1.64. The lowest BCUT2D eigenvalue weighted by Gasteiger charge is -2.28. The average molecular weight is 288 g/mol. The van der Waals surface area contributed by atoms with Crippen molar-refractivity contribution in [2.45, 2.75) is 20.0 Å². The number of anilines is 1. The highest BCUT2D eigenvalue weighted by Gasteiger charge is 2.19. The number of fused-ring (bicyclic) bond motifs is 1. The van der Waals surface area contributed by atoms with Crippen LogP contribution in [0.5, 0.6) is 0 Å². The van der Waals surface area contributed by atoms with Crippen LogP contribution < -0.4 is 4.90 Å². The van der Waals surface area contributed by atoms with Gasteiger partial charge in [0.25, 0.3) is 0 Å². The maximum absolute atomic E-state index is 5.71. The van der Waals surface area contributed by atoms with Crippen molar-refractivity contribution in [3.05, 3.63) is 23.7 Å². The molecule has 0 saturated carbocycles. The first-order valence-electron chi connectivity index (χ1n) is 7.14. The van der Waals surface area contributed by atoms with Gasteiger partial charge in [-0.05, 0) is 25.5 Å². The Hall–Kier alpha value is -1.79. The molecule has 0 spiro atoms. The molecular formula is C15H20N4O2. The average Bonchev–Trinajstić information content (AvgIpc) is 2.47. The van der Waals surface area contributed by atoms with Gasteiger partial charge in [-0.3, -0.25) is 0 Å². The Morgan fingerprint density at radius 2 is 2.14 bits per heavy atom. The van der Waals surface area contributed by atoms with Gasteiger partial charge in [-0.25, -0.2) is 15.0 Å². The molecule has 6 nitrogen and oxygen atoms in total. The molecule has 3 rings (SSSR count). The summed E-state index contributed by atoms with van der Waals surface area (Å²) >= 11 is 0. The number of hydrogen-bond donors (Lipinski definition) is 0. The summed E-state index contributed by atoms with van der Waals surface area (Å²) in [6, 6.07) is 2.06. The van der Waals surface area contributed by atoms with Crippen LogP contribution in [0.2, 0.25) is 0 Å². The molecule has 6 heteroatoms. The summed E-state index contributed by atoms with van der Waals surface area (Å²) in [5.41, 5.74) is 2.85. The van der Waals surface area contributed by atoms with Crippen LogP contribution in [0.25, 0.3) is 11.0 Å². The molecular weight excluding hydrogens is 268 g/mol.